The molecule has 1 saturated heterocycles. The third kappa shape index (κ3) is 2.20. The van der Waals surface area contributed by atoms with E-state index in [-0.39, 0.29) is 23.8 Å². The van der Waals surface area contributed by atoms with Crippen molar-refractivity contribution in [3.8, 4) is 5.75 Å². The van der Waals surface area contributed by atoms with Gasteiger partial charge in [-0.15, -0.1) is 0 Å². The number of carboxylic acid groups (broad SMARTS) is 1. The fraction of sp³-hybridized carbons (Fsp3) is 0.529. The summed E-state index contributed by atoms with van der Waals surface area (Å²) in [5.41, 5.74) is 0.914. The lowest BCUT2D eigenvalue weighted by atomic mass is 9.87. The summed E-state index contributed by atoms with van der Waals surface area (Å²) in [5, 5.41) is 9.33. The molecule has 0 radical (unpaired) electrons. The van der Waals surface area contributed by atoms with Crippen molar-refractivity contribution in [3.05, 3.63) is 29.8 Å². The molecule has 1 aromatic carbocycles. The summed E-state index contributed by atoms with van der Waals surface area (Å²) >= 11 is 0. The molecular formula is C17H19NO5. The average Bonchev–Trinajstić information content (AvgIpc) is 3.29. The van der Waals surface area contributed by atoms with Crippen molar-refractivity contribution in [2.75, 3.05) is 26.4 Å². The number of rotatable bonds is 2. The van der Waals surface area contributed by atoms with E-state index in [1.54, 1.807) is 0 Å². The zero-order valence-corrected chi connectivity index (χ0v) is 12.7. The van der Waals surface area contributed by atoms with Crippen LogP contribution in [0.5, 0.6) is 5.75 Å². The van der Waals surface area contributed by atoms with Crippen LogP contribution < -0.4 is 4.74 Å². The minimum atomic E-state index is -1.000. The lowest BCUT2D eigenvalue weighted by Gasteiger charge is -2.34. The van der Waals surface area contributed by atoms with Gasteiger partial charge in [-0.2, -0.15) is 0 Å². The second kappa shape index (κ2) is 5.23. The molecular weight excluding hydrogens is 298 g/mol. The Bertz CT molecular complexity index is 660. The number of benzene rings is 1. The molecule has 1 aromatic rings. The monoisotopic (exact) mass is 317 g/mol. The molecule has 1 saturated carbocycles. The Morgan fingerprint density at radius 3 is 2.91 bits per heavy atom. The first-order valence-corrected chi connectivity index (χ1v) is 7.97. The second-order valence-electron chi connectivity index (χ2n) is 6.47. The molecule has 0 aromatic heterocycles. The number of carbonyl (C=O) groups is 2. The highest BCUT2D eigenvalue weighted by Crippen LogP contribution is 2.61. The van der Waals surface area contributed by atoms with Crippen molar-refractivity contribution < 1.29 is 24.2 Å². The molecule has 2 aliphatic heterocycles. The van der Waals surface area contributed by atoms with Gasteiger partial charge in [-0.25, -0.2) is 4.79 Å². The first-order chi connectivity index (χ1) is 11.1. The van der Waals surface area contributed by atoms with Gasteiger partial charge >= 0.3 is 5.97 Å². The molecule has 2 heterocycles. The Hall–Kier alpha value is -2.08. The number of morpholine rings is 1. The third-order valence-corrected chi connectivity index (χ3v) is 5.30. The number of carboxylic acids is 1. The Balaban J connectivity index is 1.59. The normalized spacial score (nSPS) is 32.1. The van der Waals surface area contributed by atoms with Crippen molar-refractivity contribution in [2.24, 2.45) is 5.92 Å². The molecule has 3 atom stereocenters. The van der Waals surface area contributed by atoms with Crippen LogP contribution in [0.1, 0.15) is 18.4 Å². The van der Waals surface area contributed by atoms with E-state index in [2.05, 4.69) is 0 Å². The van der Waals surface area contributed by atoms with E-state index in [9.17, 15) is 14.7 Å². The van der Waals surface area contributed by atoms with E-state index in [0.29, 0.717) is 19.8 Å². The van der Waals surface area contributed by atoms with Gasteiger partial charge < -0.3 is 19.5 Å². The van der Waals surface area contributed by atoms with Crippen LogP contribution in [0.3, 0.4) is 0 Å². The van der Waals surface area contributed by atoms with Gasteiger partial charge in [0.25, 0.3) is 0 Å². The maximum Gasteiger partial charge on any atom is 0.328 e. The van der Waals surface area contributed by atoms with Crippen molar-refractivity contribution >= 4 is 11.9 Å². The molecule has 1 aliphatic carbocycles. The van der Waals surface area contributed by atoms with Gasteiger partial charge in [0.1, 0.15) is 5.75 Å². The molecule has 1 N–H and O–H groups in total. The summed E-state index contributed by atoms with van der Waals surface area (Å²) in [6.07, 6.45) is 1.58. The van der Waals surface area contributed by atoms with Gasteiger partial charge in [-0.05, 0) is 18.9 Å². The number of aliphatic carboxylic acids is 1. The Morgan fingerprint density at radius 2 is 2.09 bits per heavy atom. The van der Waals surface area contributed by atoms with Crippen LogP contribution in [0.4, 0.5) is 0 Å². The molecule has 6 heteroatoms. The lowest BCUT2D eigenvalue weighted by Crippen LogP contribution is -2.53. The maximum absolute atomic E-state index is 12.9. The second-order valence-corrected chi connectivity index (χ2v) is 6.47. The minimum Gasteiger partial charge on any atom is -0.493 e. The number of amides is 1. The SMILES string of the molecule is O=C(O)C1COCCN1C(=O)[C@@H]1C[C@]12CCOc1ccccc12. The topological polar surface area (TPSA) is 76.1 Å². The van der Waals surface area contributed by atoms with Crippen LogP contribution in [-0.4, -0.2) is 54.3 Å². The van der Waals surface area contributed by atoms with Crippen LogP contribution in [-0.2, 0) is 19.7 Å². The van der Waals surface area contributed by atoms with E-state index >= 15 is 0 Å². The summed E-state index contributed by atoms with van der Waals surface area (Å²) in [6, 6.07) is 6.98. The Morgan fingerprint density at radius 1 is 1.26 bits per heavy atom. The van der Waals surface area contributed by atoms with Gasteiger partial charge in [0, 0.05) is 23.4 Å². The molecule has 4 rings (SSSR count). The molecule has 1 spiro atoms. The molecule has 0 bridgehead atoms. The zero-order valence-electron chi connectivity index (χ0n) is 12.7. The highest BCUT2D eigenvalue weighted by molar-refractivity contribution is 5.89. The van der Waals surface area contributed by atoms with E-state index in [0.717, 1.165) is 24.2 Å². The number of fused-ring (bicyclic) bond motifs is 2. The summed E-state index contributed by atoms with van der Waals surface area (Å²) in [5.74, 6) is -0.351. The first kappa shape index (κ1) is 14.5. The number of ether oxygens (including phenoxy) is 2. The summed E-state index contributed by atoms with van der Waals surface area (Å²) in [6.45, 7) is 1.42. The maximum atomic E-state index is 12.9. The largest absolute Gasteiger partial charge is 0.493 e. The molecule has 1 unspecified atom stereocenters. The van der Waals surface area contributed by atoms with Crippen LogP contribution in [0.15, 0.2) is 24.3 Å². The molecule has 6 nitrogen and oxygen atoms in total. The number of hydrogen-bond acceptors (Lipinski definition) is 4. The van der Waals surface area contributed by atoms with Crippen molar-refractivity contribution in [2.45, 2.75) is 24.3 Å². The van der Waals surface area contributed by atoms with Crippen LogP contribution in [0.25, 0.3) is 0 Å². The lowest BCUT2D eigenvalue weighted by molar-refractivity contribution is -0.159. The third-order valence-electron chi connectivity index (χ3n) is 5.30. The van der Waals surface area contributed by atoms with E-state index in [1.165, 1.54) is 4.90 Å². The van der Waals surface area contributed by atoms with Crippen molar-refractivity contribution in [1.29, 1.82) is 0 Å². The van der Waals surface area contributed by atoms with Gasteiger partial charge in [0.2, 0.25) is 5.91 Å². The summed E-state index contributed by atoms with van der Waals surface area (Å²) < 4.78 is 10.9. The standard InChI is InChI=1S/C17H19NO5/c19-15(18-6-8-22-10-13(18)16(20)21)12-9-17(12)5-7-23-14-4-2-1-3-11(14)17/h1-4,12-13H,5-10H2,(H,20,21)/t12-,13?,17-/m0/s1. The summed E-state index contributed by atoms with van der Waals surface area (Å²) in [7, 11) is 0. The fourth-order valence-electron chi connectivity index (χ4n) is 3.96. The fourth-order valence-corrected chi connectivity index (χ4v) is 3.96. The highest BCUT2D eigenvalue weighted by atomic mass is 16.5. The predicted molar refractivity (Wildman–Crippen MR) is 80.3 cm³/mol. The van der Waals surface area contributed by atoms with Crippen molar-refractivity contribution in [1.82, 2.24) is 4.90 Å². The van der Waals surface area contributed by atoms with Crippen LogP contribution >= 0.6 is 0 Å². The number of hydrogen-bond donors (Lipinski definition) is 1. The Kier molecular flexibility index (Phi) is 3.30. The van der Waals surface area contributed by atoms with Gasteiger partial charge in [0.15, 0.2) is 6.04 Å². The van der Waals surface area contributed by atoms with Crippen LogP contribution in [0.2, 0.25) is 0 Å². The molecule has 122 valence electrons. The molecule has 23 heavy (non-hydrogen) atoms. The van der Waals surface area contributed by atoms with E-state index in [1.807, 2.05) is 24.3 Å². The zero-order chi connectivity index (χ0) is 16.0. The first-order valence-electron chi connectivity index (χ1n) is 7.97. The highest BCUT2D eigenvalue weighted by Gasteiger charge is 2.62. The van der Waals surface area contributed by atoms with Gasteiger partial charge in [-0.3, -0.25) is 4.79 Å². The smallest absolute Gasteiger partial charge is 0.328 e. The van der Waals surface area contributed by atoms with Gasteiger partial charge in [-0.1, -0.05) is 18.2 Å². The molecule has 3 aliphatic rings. The average molecular weight is 317 g/mol. The predicted octanol–water partition coefficient (Wildman–Crippen LogP) is 1.04. The quantitative estimate of drug-likeness (QED) is 0.882. The van der Waals surface area contributed by atoms with Crippen LogP contribution in [0, 0.1) is 5.92 Å². The number of nitrogens with zero attached hydrogens (tertiary/aromatic N) is 1. The molecule has 1 amide bonds. The van der Waals surface area contributed by atoms with Crippen molar-refractivity contribution in [3.63, 3.8) is 0 Å². The van der Waals surface area contributed by atoms with E-state index in [4.69, 9.17) is 9.47 Å². The number of carbonyl (C=O) groups excluding carboxylic acids is 1. The minimum absolute atomic E-state index is 0.0580. The van der Waals surface area contributed by atoms with E-state index < -0.39 is 12.0 Å². The Labute approximate surface area is 134 Å². The summed E-state index contributed by atoms with van der Waals surface area (Å²) in [4.78, 5) is 25.8. The molecule has 2 fully saturated rings. The number of para-hydroxylation sites is 1. The van der Waals surface area contributed by atoms with Gasteiger partial charge in [0.05, 0.1) is 19.8 Å².